The molecule has 6 nitrogen and oxygen atoms in total. The molecular formula is C15H19NO5. The van der Waals surface area contributed by atoms with Crippen LogP contribution in [0, 0.1) is 16.7 Å². The van der Waals surface area contributed by atoms with Crippen LogP contribution in [0.2, 0.25) is 0 Å². The molecule has 114 valence electrons. The number of nitrogens with zero attached hydrogens (tertiary/aromatic N) is 1. The minimum absolute atomic E-state index is 0.184. The zero-order chi connectivity index (χ0) is 15.5. The van der Waals surface area contributed by atoms with E-state index in [1.165, 1.54) is 21.3 Å². The fourth-order valence-electron chi connectivity index (χ4n) is 2.52. The summed E-state index contributed by atoms with van der Waals surface area (Å²) in [6.07, 6.45) is -0.607. The molecule has 1 fully saturated rings. The molecule has 2 unspecified atom stereocenters. The molecule has 0 aromatic heterocycles. The minimum atomic E-state index is -1.07. The van der Waals surface area contributed by atoms with Crippen LogP contribution >= 0.6 is 0 Å². The van der Waals surface area contributed by atoms with Gasteiger partial charge in [-0.25, -0.2) is 0 Å². The van der Waals surface area contributed by atoms with Crippen molar-refractivity contribution in [1.82, 2.24) is 0 Å². The van der Waals surface area contributed by atoms with Crippen LogP contribution in [0.15, 0.2) is 12.1 Å². The fourth-order valence-corrected chi connectivity index (χ4v) is 2.52. The highest BCUT2D eigenvalue weighted by molar-refractivity contribution is 5.53. The molecule has 0 bridgehead atoms. The summed E-state index contributed by atoms with van der Waals surface area (Å²) < 4.78 is 21.1. The summed E-state index contributed by atoms with van der Waals surface area (Å²) in [6.45, 7) is 0.633. The van der Waals surface area contributed by atoms with E-state index >= 15 is 0 Å². The first-order chi connectivity index (χ1) is 10.1. The van der Waals surface area contributed by atoms with Gasteiger partial charge in [0.15, 0.2) is 0 Å². The normalized spacial score (nSPS) is 22.4. The largest absolute Gasteiger partial charge is 0.496 e. The second-order valence-corrected chi connectivity index (χ2v) is 4.92. The molecule has 1 heterocycles. The van der Waals surface area contributed by atoms with E-state index in [4.69, 9.17) is 18.9 Å². The van der Waals surface area contributed by atoms with E-state index in [2.05, 4.69) is 6.07 Å². The Hall–Kier alpha value is -1.97. The summed E-state index contributed by atoms with van der Waals surface area (Å²) in [5, 5.41) is 20.2. The van der Waals surface area contributed by atoms with Crippen LogP contribution in [-0.2, 0) is 4.74 Å². The van der Waals surface area contributed by atoms with Crippen LogP contribution in [0.4, 0.5) is 0 Å². The third-order valence-electron chi connectivity index (χ3n) is 3.82. The van der Waals surface area contributed by atoms with Crippen molar-refractivity contribution in [3.63, 3.8) is 0 Å². The van der Waals surface area contributed by atoms with E-state index in [-0.39, 0.29) is 6.61 Å². The van der Waals surface area contributed by atoms with Crippen LogP contribution in [0.1, 0.15) is 18.1 Å². The van der Waals surface area contributed by atoms with Crippen LogP contribution in [0.5, 0.6) is 17.2 Å². The number of aliphatic hydroxyl groups is 1. The first kappa shape index (κ1) is 15.4. The Bertz CT molecular complexity index is 520. The lowest BCUT2D eigenvalue weighted by Crippen LogP contribution is -2.28. The quantitative estimate of drug-likeness (QED) is 0.889. The maximum absolute atomic E-state index is 10.8. The van der Waals surface area contributed by atoms with Gasteiger partial charge in [-0.2, -0.15) is 5.26 Å². The maximum Gasteiger partial charge on any atom is 0.132 e. The molecule has 6 heteroatoms. The van der Waals surface area contributed by atoms with Gasteiger partial charge in [0, 0.05) is 18.7 Å². The molecule has 1 aliphatic rings. The van der Waals surface area contributed by atoms with E-state index in [0.29, 0.717) is 35.8 Å². The standard InChI is InChI=1S/C15H19NO5/c1-18-10-6-11(19-2)13(12(7-10)20-3)14(17)15(8-16)4-5-21-9-15/h6-7,14,17H,4-5,9H2,1-3H3. The van der Waals surface area contributed by atoms with Gasteiger partial charge in [0.1, 0.15) is 28.8 Å². The number of hydrogen-bond acceptors (Lipinski definition) is 6. The van der Waals surface area contributed by atoms with Crippen LogP contribution in [0.3, 0.4) is 0 Å². The number of aliphatic hydroxyl groups excluding tert-OH is 1. The summed E-state index contributed by atoms with van der Waals surface area (Å²) in [6, 6.07) is 5.50. The molecule has 1 N–H and O–H groups in total. The molecule has 0 spiro atoms. The Morgan fingerprint density at radius 3 is 2.24 bits per heavy atom. The monoisotopic (exact) mass is 293 g/mol. The summed E-state index contributed by atoms with van der Waals surface area (Å²) in [5.41, 5.74) is -0.553. The van der Waals surface area contributed by atoms with Crippen molar-refractivity contribution in [2.45, 2.75) is 12.5 Å². The summed E-state index contributed by atoms with van der Waals surface area (Å²) in [4.78, 5) is 0. The van der Waals surface area contributed by atoms with Gasteiger partial charge >= 0.3 is 0 Å². The van der Waals surface area contributed by atoms with Gasteiger partial charge < -0.3 is 24.1 Å². The Morgan fingerprint density at radius 1 is 1.24 bits per heavy atom. The smallest absolute Gasteiger partial charge is 0.132 e. The summed E-state index contributed by atoms with van der Waals surface area (Å²) in [7, 11) is 4.52. The molecule has 0 amide bonds. The lowest BCUT2D eigenvalue weighted by molar-refractivity contribution is 0.0467. The molecule has 0 saturated carbocycles. The highest BCUT2D eigenvalue weighted by Crippen LogP contribution is 2.48. The van der Waals surface area contributed by atoms with Crippen LogP contribution in [0.25, 0.3) is 0 Å². The lowest BCUT2D eigenvalue weighted by Gasteiger charge is -2.28. The zero-order valence-corrected chi connectivity index (χ0v) is 12.4. The van der Waals surface area contributed by atoms with E-state index in [9.17, 15) is 10.4 Å². The van der Waals surface area contributed by atoms with Gasteiger partial charge in [-0.3, -0.25) is 0 Å². The van der Waals surface area contributed by atoms with Gasteiger partial charge in [-0.05, 0) is 6.42 Å². The van der Waals surface area contributed by atoms with E-state index in [1.54, 1.807) is 12.1 Å². The maximum atomic E-state index is 10.8. The fraction of sp³-hybridized carbons (Fsp3) is 0.533. The molecule has 21 heavy (non-hydrogen) atoms. The molecule has 1 saturated heterocycles. The van der Waals surface area contributed by atoms with Crippen LogP contribution < -0.4 is 14.2 Å². The SMILES string of the molecule is COc1cc(OC)c(C(O)C2(C#N)CCOC2)c(OC)c1. The number of rotatable bonds is 5. The van der Waals surface area contributed by atoms with Gasteiger partial charge in [-0.15, -0.1) is 0 Å². The predicted molar refractivity (Wildman–Crippen MR) is 74.5 cm³/mol. The van der Waals surface area contributed by atoms with Gasteiger partial charge in [0.05, 0.1) is 39.6 Å². The number of ether oxygens (including phenoxy) is 4. The highest BCUT2D eigenvalue weighted by Gasteiger charge is 2.45. The van der Waals surface area contributed by atoms with Crippen molar-refractivity contribution in [3.05, 3.63) is 17.7 Å². The molecule has 1 aromatic carbocycles. The second-order valence-electron chi connectivity index (χ2n) is 4.92. The molecule has 2 atom stereocenters. The van der Waals surface area contributed by atoms with E-state index in [1.807, 2.05) is 0 Å². The van der Waals surface area contributed by atoms with Crippen molar-refractivity contribution in [2.24, 2.45) is 5.41 Å². The number of nitriles is 1. The van der Waals surface area contributed by atoms with Crippen molar-refractivity contribution in [3.8, 4) is 23.3 Å². The molecule has 1 aromatic rings. The van der Waals surface area contributed by atoms with Gasteiger partial charge in [0.25, 0.3) is 0 Å². The molecule has 0 aliphatic carbocycles. The average Bonchev–Trinajstić information content (AvgIpc) is 3.02. The third kappa shape index (κ3) is 2.62. The summed E-state index contributed by atoms with van der Waals surface area (Å²) in [5.74, 6) is 1.38. The topological polar surface area (TPSA) is 80.9 Å². The molecule has 1 aliphatic heterocycles. The zero-order valence-electron chi connectivity index (χ0n) is 12.4. The Balaban J connectivity index is 2.54. The van der Waals surface area contributed by atoms with Gasteiger partial charge in [0.2, 0.25) is 0 Å². The average molecular weight is 293 g/mol. The number of methoxy groups -OCH3 is 3. The molecule has 2 rings (SSSR count). The Labute approximate surface area is 123 Å². The van der Waals surface area contributed by atoms with Gasteiger partial charge in [-0.1, -0.05) is 0 Å². The summed E-state index contributed by atoms with van der Waals surface area (Å²) >= 11 is 0. The minimum Gasteiger partial charge on any atom is -0.496 e. The van der Waals surface area contributed by atoms with Crippen molar-refractivity contribution >= 4 is 0 Å². The first-order valence-electron chi connectivity index (χ1n) is 6.59. The van der Waals surface area contributed by atoms with Crippen molar-refractivity contribution in [1.29, 1.82) is 5.26 Å². The highest BCUT2D eigenvalue weighted by atomic mass is 16.5. The first-order valence-corrected chi connectivity index (χ1v) is 6.59. The van der Waals surface area contributed by atoms with Crippen molar-refractivity contribution in [2.75, 3.05) is 34.5 Å². The molecular weight excluding hydrogens is 274 g/mol. The van der Waals surface area contributed by atoms with E-state index < -0.39 is 11.5 Å². The lowest BCUT2D eigenvalue weighted by atomic mass is 9.79. The molecule has 0 radical (unpaired) electrons. The second kappa shape index (κ2) is 6.20. The Morgan fingerprint density at radius 2 is 1.86 bits per heavy atom. The van der Waals surface area contributed by atoms with E-state index in [0.717, 1.165) is 0 Å². The van der Waals surface area contributed by atoms with Crippen molar-refractivity contribution < 1.29 is 24.1 Å². The predicted octanol–water partition coefficient (Wildman–Crippen LogP) is 1.68. The van der Waals surface area contributed by atoms with Crippen LogP contribution in [-0.4, -0.2) is 39.6 Å². The Kier molecular flexibility index (Phi) is 4.56. The number of benzene rings is 1. The number of hydrogen-bond donors (Lipinski definition) is 1. The third-order valence-corrected chi connectivity index (χ3v) is 3.82.